The minimum absolute atomic E-state index is 0.221. The third kappa shape index (κ3) is 5.48. The number of aliphatic hydroxyl groups excluding tert-OH is 1. The average molecular weight is 534 g/mol. The summed E-state index contributed by atoms with van der Waals surface area (Å²) >= 11 is 6.26. The van der Waals surface area contributed by atoms with Gasteiger partial charge in [-0.15, -0.1) is 0 Å². The van der Waals surface area contributed by atoms with Crippen LogP contribution in [0.15, 0.2) is 41.4 Å². The number of nitrogens with one attached hydrogen (secondary N) is 1. The molecule has 0 bridgehead atoms. The third-order valence-electron chi connectivity index (χ3n) is 7.44. The molecule has 0 radical (unpaired) electrons. The van der Waals surface area contributed by atoms with Gasteiger partial charge in [0.1, 0.15) is 11.6 Å². The van der Waals surface area contributed by atoms with Crippen LogP contribution in [0.5, 0.6) is 5.75 Å². The molecule has 2 heterocycles. The molecule has 5 rings (SSSR count). The first-order valence-corrected chi connectivity index (χ1v) is 14.6. The topological polar surface area (TPSA) is 109 Å². The highest BCUT2D eigenvalue weighted by atomic mass is 35.5. The molecule has 1 saturated heterocycles. The molecule has 1 aromatic carbocycles. The monoisotopic (exact) mass is 533 g/mol. The number of aromatic nitrogens is 1. The summed E-state index contributed by atoms with van der Waals surface area (Å²) in [5.74, 6) is 0.722. The van der Waals surface area contributed by atoms with Gasteiger partial charge in [0.15, 0.2) is 10.6 Å². The summed E-state index contributed by atoms with van der Waals surface area (Å²) in [4.78, 5) is 19.4. The van der Waals surface area contributed by atoms with Crippen molar-refractivity contribution < 1.29 is 23.1 Å². The summed E-state index contributed by atoms with van der Waals surface area (Å²) in [7, 11) is -4.20. The van der Waals surface area contributed by atoms with Crippen LogP contribution in [0.1, 0.15) is 69.3 Å². The first kappa shape index (κ1) is 25.3. The zero-order valence-electron chi connectivity index (χ0n) is 20.2. The smallest absolute Gasteiger partial charge is 0.281 e. The largest absolute Gasteiger partial charge is 0.477 e. The van der Waals surface area contributed by atoms with Crippen LogP contribution in [0, 0.1) is 0 Å². The van der Waals surface area contributed by atoms with E-state index in [-0.39, 0.29) is 11.1 Å². The van der Waals surface area contributed by atoms with Crippen molar-refractivity contribution in [3.8, 4) is 5.75 Å². The van der Waals surface area contributed by atoms with Gasteiger partial charge in [-0.25, -0.2) is 9.71 Å². The minimum Gasteiger partial charge on any atom is -0.477 e. The van der Waals surface area contributed by atoms with Crippen molar-refractivity contribution in [1.82, 2.24) is 9.71 Å². The molecule has 0 atom stereocenters. The number of hydrogen-bond donors (Lipinski definition) is 2. The number of carbonyl (C=O) groups excluding carboxylic acids is 1. The Morgan fingerprint density at radius 3 is 2.50 bits per heavy atom. The number of nitrogens with zero attached hydrogens (tertiary/aromatic N) is 2. The molecule has 2 saturated carbocycles. The van der Waals surface area contributed by atoms with Crippen LogP contribution in [-0.4, -0.2) is 49.2 Å². The van der Waals surface area contributed by atoms with Crippen LogP contribution in [0.25, 0.3) is 0 Å². The zero-order chi connectivity index (χ0) is 25.3. The van der Waals surface area contributed by atoms with Gasteiger partial charge in [-0.1, -0.05) is 43.0 Å². The molecular formula is C26H32ClN3O5S. The summed E-state index contributed by atoms with van der Waals surface area (Å²) in [5.41, 5.74) is -0.205. The molecule has 8 nitrogen and oxygen atoms in total. The zero-order valence-corrected chi connectivity index (χ0v) is 21.7. The van der Waals surface area contributed by atoms with Gasteiger partial charge in [0.05, 0.1) is 6.10 Å². The van der Waals surface area contributed by atoms with Gasteiger partial charge in [-0.3, -0.25) is 4.79 Å². The lowest BCUT2D eigenvalue weighted by molar-refractivity contribution is -0.128. The number of sulfonamides is 1. The lowest BCUT2D eigenvalue weighted by atomic mass is 9.83. The van der Waals surface area contributed by atoms with Gasteiger partial charge >= 0.3 is 0 Å². The Morgan fingerprint density at radius 2 is 1.81 bits per heavy atom. The number of rotatable bonds is 7. The fourth-order valence-corrected chi connectivity index (χ4v) is 6.31. The summed E-state index contributed by atoms with van der Waals surface area (Å²) < 4.78 is 34.6. The number of halogens is 1. The van der Waals surface area contributed by atoms with Crippen molar-refractivity contribution in [2.45, 2.75) is 80.4 Å². The SMILES string of the molecule is O=C(NS(=O)(=O)c1cccc(N2CCC(O)CC2)n1)C1(Oc2cc(Cl)ccc2C2CCCCC2)CC1. The van der Waals surface area contributed by atoms with Gasteiger partial charge < -0.3 is 14.7 Å². The highest BCUT2D eigenvalue weighted by Gasteiger charge is 2.54. The van der Waals surface area contributed by atoms with Crippen LogP contribution in [-0.2, 0) is 14.8 Å². The maximum absolute atomic E-state index is 13.2. The van der Waals surface area contributed by atoms with Gasteiger partial charge in [0.25, 0.3) is 15.9 Å². The Bertz CT molecular complexity index is 1220. The molecule has 2 aromatic rings. The van der Waals surface area contributed by atoms with Gasteiger partial charge in [0.2, 0.25) is 0 Å². The number of benzene rings is 1. The second kappa shape index (κ2) is 10.2. The number of hydrogen-bond acceptors (Lipinski definition) is 7. The highest BCUT2D eigenvalue weighted by molar-refractivity contribution is 7.90. The second-order valence-electron chi connectivity index (χ2n) is 10.1. The number of pyridine rings is 1. The minimum atomic E-state index is -4.20. The highest BCUT2D eigenvalue weighted by Crippen LogP contribution is 2.45. The maximum atomic E-state index is 13.2. The lowest BCUT2D eigenvalue weighted by Crippen LogP contribution is -2.43. The molecule has 1 aromatic heterocycles. The van der Waals surface area contributed by atoms with Crippen molar-refractivity contribution in [2.24, 2.45) is 0 Å². The third-order valence-corrected chi connectivity index (χ3v) is 8.91. The van der Waals surface area contributed by atoms with E-state index >= 15 is 0 Å². The van der Waals surface area contributed by atoms with Crippen molar-refractivity contribution >= 4 is 33.3 Å². The Hall–Kier alpha value is -2.36. The predicted molar refractivity (Wildman–Crippen MR) is 137 cm³/mol. The number of carbonyl (C=O) groups is 1. The van der Waals surface area contributed by atoms with Crippen LogP contribution in [0.2, 0.25) is 5.02 Å². The van der Waals surface area contributed by atoms with E-state index < -0.39 is 21.5 Å². The first-order chi connectivity index (χ1) is 17.3. The normalized spacial score (nSPS) is 20.7. The molecule has 1 amide bonds. The van der Waals surface area contributed by atoms with Crippen LogP contribution in [0.3, 0.4) is 0 Å². The van der Waals surface area contributed by atoms with Gasteiger partial charge in [-0.05, 0) is 61.4 Å². The van der Waals surface area contributed by atoms with Crippen molar-refractivity contribution in [3.05, 3.63) is 47.0 Å². The number of amides is 1. The standard InChI is InChI=1S/C26H32ClN3O5S/c27-19-9-10-21(18-5-2-1-3-6-18)22(17-19)35-26(13-14-26)25(32)29-36(33,34)24-8-4-7-23(28-24)30-15-11-20(31)12-16-30/h4,7-10,17-18,20,31H,1-3,5-6,11-16H2,(H,29,32). The van der Waals surface area contributed by atoms with Crippen LogP contribution < -0.4 is 14.4 Å². The number of piperidine rings is 1. The van der Waals surface area contributed by atoms with E-state index in [0.717, 1.165) is 31.2 Å². The summed E-state index contributed by atoms with van der Waals surface area (Å²) in [6.45, 7) is 1.17. The summed E-state index contributed by atoms with van der Waals surface area (Å²) in [5, 5.41) is 10.0. The molecule has 3 aliphatic rings. The molecule has 2 N–H and O–H groups in total. The van der Waals surface area contributed by atoms with E-state index in [1.165, 1.54) is 12.5 Å². The maximum Gasteiger partial charge on any atom is 0.281 e. The van der Waals surface area contributed by atoms with Crippen molar-refractivity contribution in [1.29, 1.82) is 0 Å². The van der Waals surface area contributed by atoms with E-state index in [0.29, 0.717) is 61.3 Å². The molecule has 10 heteroatoms. The van der Waals surface area contributed by atoms with Crippen LogP contribution >= 0.6 is 11.6 Å². The van der Waals surface area contributed by atoms with E-state index in [2.05, 4.69) is 9.71 Å². The Balaban J connectivity index is 1.32. The fourth-order valence-electron chi connectivity index (χ4n) is 5.14. The molecule has 36 heavy (non-hydrogen) atoms. The lowest BCUT2D eigenvalue weighted by Gasteiger charge is -2.30. The van der Waals surface area contributed by atoms with E-state index in [1.54, 1.807) is 18.2 Å². The summed E-state index contributed by atoms with van der Waals surface area (Å²) in [6, 6.07) is 10.2. The van der Waals surface area contributed by atoms with Gasteiger partial charge in [0, 0.05) is 31.0 Å². The Morgan fingerprint density at radius 1 is 1.08 bits per heavy atom. The molecule has 0 spiro atoms. The van der Waals surface area contributed by atoms with E-state index in [9.17, 15) is 18.3 Å². The average Bonchev–Trinajstić information content (AvgIpc) is 3.66. The number of ether oxygens (including phenoxy) is 1. The van der Waals surface area contributed by atoms with Crippen LogP contribution in [0.4, 0.5) is 5.82 Å². The molecule has 0 unspecified atom stereocenters. The van der Waals surface area contributed by atoms with Gasteiger partial charge in [-0.2, -0.15) is 8.42 Å². The molecule has 1 aliphatic heterocycles. The summed E-state index contributed by atoms with van der Waals surface area (Å²) in [6.07, 6.45) is 7.35. The number of aliphatic hydroxyl groups is 1. The van der Waals surface area contributed by atoms with E-state index in [1.807, 2.05) is 17.0 Å². The van der Waals surface area contributed by atoms with Crippen molar-refractivity contribution in [2.75, 3.05) is 18.0 Å². The molecule has 2 aliphatic carbocycles. The predicted octanol–water partition coefficient (Wildman–Crippen LogP) is 4.16. The Labute approximate surface area is 217 Å². The molecule has 3 fully saturated rings. The quantitative estimate of drug-likeness (QED) is 0.550. The fraction of sp³-hybridized carbons (Fsp3) is 0.538. The molecular weight excluding hydrogens is 502 g/mol. The first-order valence-electron chi connectivity index (χ1n) is 12.7. The number of anilines is 1. The second-order valence-corrected chi connectivity index (χ2v) is 12.2. The Kier molecular flexibility index (Phi) is 7.16. The molecule has 194 valence electrons. The van der Waals surface area contributed by atoms with E-state index in [4.69, 9.17) is 16.3 Å². The van der Waals surface area contributed by atoms with Crippen molar-refractivity contribution in [3.63, 3.8) is 0 Å².